The molecule has 1 saturated heterocycles. The largest absolute Gasteiger partial charge is 0.496 e. The topological polar surface area (TPSA) is 76.7 Å². The third-order valence-electron chi connectivity index (χ3n) is 7.21. The van der Waals surface area contributed by atoms with Crippen LogP contribution in [0.1, 0.15) is 62.4 Å². The van der Waals surface area contributed by atoms with Crippen LogP contribution in [0.4, 0.5) is 4.79 Å². The highest BCUT2D eigenvalue weighted by Crippen LogP contribution is 2.40. The van der Waals surface area contributed by atoms with Crippen LogP contribution in [0.5, 0.6) is 5.75 Å². The number of nitriles is 1. The maximum Gasteiger partial charge on any atom is 0.419 e. The summed E-state index contributed by atoms with van der Waals surface area (Å²) >= 11 is 0. The number of carbonyl (C=O) groups is 1. The van der Waals surface area contributed by atoms with Crippen molar-refractivity contribution in [3.05, 3.63) is 64.8 Å². The van der Waals surface area contributed by atoms with E-state index < -0.39 is 11.7 Å². The number of rotatable bonds is 5. The molecule has 0 spiro atoms. The average molecular weight is 504 g/mol. The first-order chi connectivity index (χ1) is 17.6. The fourth-order valence-electron chi connectivity index (χ4n) is 5.37. The van der Waals surface area contributed by atoms with E-state index in [0.29, 0.717) is 18.0 Å². The molecule has 1 aliphatic heterocycles. The summed E-state index contributed by atoms with van der Waals surface area (Å²) in [4.78, 5) is 15.4. The minimum Gasteiger partial charge on any atom is -0.496 e. The zero-order chi connectivity index (χ0) is 26.9. The normalized spacial score (nSPS) is 20.5. The smallest absolute Gasteiger partial charge is 0.419 e. The van der Waals surface area contributed by atoms with Crippen LogP contribution in [-0.2, 0) is 16.0 Å². The number of piperidine rings is 1. The summed E-state index contributed by atoms with van der Waals surface area (Å²) in [6.07, 6.45) is 2.42. The van der Waals surface area contributed by atoms with E-state index in [1.54, 1.807) is 25.0 Å². The molecule has 0 saturated carbocycles. The highest BCUT2D eigenvalue weighted by molar-refractivity contribution is 5.95. The Morgan fingerprint density at radius 2 is 1.86 bits per heavy atom. The molecule has 1 aromatic heterocycles. The summed E-state index contributed by atoms with van der Waals surface area (Å²) in [7, 11) is 3.45. The number of hydrogen-bond donors (Lipinski definition) is 0. The van der Waals surface area contributed by atoms with E-state index in [-0.39, 0.29) is 12.1 Å². The molecule has 2 aromatic carbocycles. The molecule has 37 heavy (non-hydrogen) atoms. The molecule has 196 valence electrons. The molecule has 1 fully saturated rings. The molecule has 0 amide bonds. The van der Waals surface area contributed by atoms with E-state index >= 15 is 0 Å². The van der Waals surface area contributed by atoms with Gasteiger partial charge in [0.05, 0.1) is 30.4 Å². The Balaban J connectivity index is 1.77. The zero-order valence-corrected chi connectivity index (χ0v) is 22.9. The van der Waals surface area contributed by atoms with Crippen molar-refractivity contribution in [2.24, 2.45) is 5.92 Å². The summed E-state index contributed by atoms with van der Waals surface area (Å²) in [6.45, 7) is 11.2. The van der Waals surface area contributed by atoms with E-state index in [2.05, 4.69) is 30.0 Å². The lowest BCUT2D eigenvalue weighted by atomic mass is 9.85. The molecule has 0 bridgehead atoms. The molecule has 4 rings (SSSR count). The van der Waals surface area contributed by atoms with Gasteiger partial charge in [0.1, 0.15) is 11.4 Å². The fourth-order valence-corrected chi connectivity index (χ4v) is 5.37. The van der Waals surface area contributed by atoms with Gasteiger partial charge in [0.2, 0.25) is 0 Å². The number of aryl methyl sites for hydroxylation is 1. The van der Waals surface area contributed by atoms with Gasteiger partial charge < -0.3 is 14.2 Å². The van der Waals surface area contributed by atoms with Crippen molar-refractivity contribution in [1.29, 1.82) is 5.26 Å². The predicted octanol–water partition coefficient (Wildman–Crippen LogP) is 6.21. The Labute approximate surface area is 219 Å². The molecule has 2 heterocycles. The number of nitrogens with zero attached hydrogens (tertiary/aromatic N) is 3. The van der Waals surface area contributed by atoms with Gasteiger partial charge >= 0.3 is 6.09 Å². The van der Waals surface area contributed by atoms with E-state index in [9.17, 15) is 10.1 Å². The van der Waals surface area contributed by atoms with Crippen LogP contribution in [-0.4, -0.2) is 48.0 Å². The number of hydrogen-bond acceptors (Lipinski definition) is 6. The van der Waals surface area contributed by atoms with Crippen molar-refractivity contribution in [1.82, 2.24) is 9.47 Å². The van der Waals surface area contributed by atoms with Gasteiger partial charge in [0.15, 0.2) is 0 Å². The Kier molecular flexibility index (Phi) is 7.63. The summed E-state index contributed by atoms with van der Waals surface area (Å²) in [5.74, 6) is 1.17. The van der Waals surface area contributed by atoms with Crippen LogP contribution in [0.3, 0.4) is 0 Å². The maximum atomic E-state index is 13.0. The van der Waals surface area contributed by atoms with Gasteiger partial charge in [-0.15, -0.1) is 0 Å². The first-order valence-corrected chi connectivity index (χ1v) is 12.7. The summed E-state index contributed by atoms with van der Waals surface area (Å²) in [5, 5.41) is 10.2. The van der Waals surface area contributed by atoms with Gasteiger partial charge in [-0.2, -0.15) is 5.26 Å². The van der Waals surface area contributed by atoms with Crippen LogP contribution in [0, 0.1) is 24.2 Å². The minimum absolute atomic E-state index is 0.105. The van der Waals surface area contributed by atoms with Crippen molar-refractivity contribution >= 4 is 17.0 Å². The molecular formula is C30H37N3O4. The standard InChI is InChI=1S/C30H37N3O4/c1-19-14-25(22-10-8-21(16-31)9-11-22)32(18-27(19)36-7)17-24-23-12-13-33(29(34)37-30(3,4)5)28(23)20(2)15-26(24)35-6/h8-13,15,19,25,27H,14,17-18H2,1-7H3. The van der Waals surface area contributed by atoms with Gasteiger partial charge in [-0.25, -0.2) is 4.79 Å². The van der Waals surface area contributed by atoms with Gasteiger partial charge in [0.25, 0.3) is 0 Å². The van der Waals surface area contributed by atoms with Crippen molar-refractivity contribution in [3.8, 4) is 11.8 Å². The van der Waals surface area contributed by atoms with Gasteiger partial charge in [0, 0.05) is 43.4 Å². The molecule has 0 aliphatic carbocycles. The summed E-state index contributed by atoms with van der Waals surface area (Å²) in [6, 6.07) is 14.2. The van der Waals surface area contributed by atoms with Crippen molar-refractivity contribution in [2.75, 3.05) is 20.8 Å². The number of fused-ring (bicyclic) bond motifs is 1. The lowest BCUT2D eigenvalue weighted by Crippen LogP contribution is -2.45. The third-order valence-corrected chi connectivity index (χ3v) is 7.21. The molecule has 7 nitrogen and oxygen atoms in total. The second kappa shape index (κ2) is 10.6. The molecule has 1 aliphatic rings. The molecular weight excluding hydrogens is 466 g/mol. The summed E-state index contributed by atoms with van der Waals surface area (Å²) < 4.78 is 19.0. The van der Waals surface area contributed by atoms with Crippen LogP contribution < -0.4 is 4.74 Å². The van der Waals surface area contributed by atoms with Gasteiger partial charge in [-0.1, -0.05) is 19.1 Å². The number of aromatic nitrogens is 1. The molecule has 0 radical (unpaired) electrons. The van der Waals surface area contributed by atoms with Crippen LogP contribution >= 0.6 is 0 Å². The van der Waals surface area contributed by atoms with Crippen LogP contribution in [0.25, 0.3) is 10.9 Å². The van der Waals surface area contributed by atoms with Crippen molar-refractivity contribution < 1.29 is 19.0 Å². The van der Waals surface area contributed by atoms with Crippen molar-refractivity contribution in [3.63, 3.8) is 0 Å². The van der Waals surface area contributed by atoms with Crippen LogP contribution in [0.15, 0.2) is 42.6 Å². The second-order valence-electron chi connectivity index (χ2n) is 11.0. The first kappa shape index (κ1) is 26.7. The van der Waals surface area contributed by atoms with Gasteiger partial charge in [-0.3, -0.25) is 9.47 Å². The van der Waals surface area contributed by atoms with Crippen molar-refractivity contribution in [2.45, 2.75) is 65.3 Å². The molecule has 0 N–H and O–H groups in total. The lowest BCUT2D eigenvalue weighted by molar-refractivity contribution is -0.0339. The molecule has 3 unspecified atom stereocenters. The van der Waals surface area contributed by atoms with E-state index in [1.807, 2.05) is 52.0 Å². The molecule has 7 heteroatoms. The average Bonchev–Trinajstić information content (AvgIpc) is 3.31. The van der Waals surface area contributed by atoms with Crippen LogP contribution in [0.2, 0.25) is 0 Å². The summed E-state index contributed by atoms with van der Waals surface area (Å²) in [5.41, 5.74) is 4.03. The highest BCUT2D eigenvalue weighted by atomic mass is 16.6. The van der Waals surface area contributed by atoms with E-state index in [1.165, 1.54) is 5.56 Å². The minimum atomic E-state index is -0.592. The number of ether oxygens (including phenoxy) is 3. The van der Waals surface area contributed by atoms with Gasteiger partial charge in [-0.05, 0) is 75.4 Å². The first-order valence-electron chi connectivity index (χ1n) is 12.7. The predicted molar refractivity (Wildman–Crippen MR) is 144 cm³/mol. The fraction of sp³-hybridized carbons (Fsp3) is 0.467. The number of benzene rings is 2. The number of likely N-dealkylation sites (tertiary alicyclic amines) is 1. The Morgan fingerprint density at radius 1 is 1.16 bits per heavy atom. The third kappa shape index (κ3) is 5.51. The lowest BCUT2D eigenvalue weighted by Gasteiger charge is -2.43. The highest BCUT2D eigenvalue weighted by Gasteiger charge is 2.35. The molecule has 3 aromatic rings. The Bertz CT molecular complexity index is 1310. The Morgan fingerprint density at radius 3 is 2.46 bits per heavy atom. The number of methoxy groups -OCH3 is 2. The quantitative estimate of drug-likeness (QED) is 0.412. The Hall–Kier alpha value is -3.34. The SMILES string of the molecule is COc1cc(C)c2c(ccn2C(=O)OC(C)(C)C)c1CN1CC(OC)C(C)CC1c1ccc(C#N)cc1. The zero-order valence-electron chi connectivity index (χ0n) is 22.9. The second-order valence-corrected chi connectivity index (χ2v) is 11.0. The van der Waals surface area contributed by atoms with E-state index in [4.69, 9.17) is 14.2 Å². The number of carbonyl (C=O) groups excluding carboxylic acids is 1. The monoisotopic (exact) mass is 503 g/mol. The maximum absolute atomic E-state index is 13.0. The van der Waals surface area contributed by atoms with E-state index in [0.717, 1.165) is 40.7 Å². The molecule has 3 atom stereocenters.